The van der Waals surface area contributed by atoms with Crippen LogP contribution in [-0.2, 0) is 0 Å². The zero-order valence-corrected chi connectivity index (χ0v) is 13.5. The Morgan fingerprint density at radius 2 is 1.80 bits per heavy atom. The molecule has 1 aromatic carbocycles. The maximum absolute atomic E-state index is 6.05. The molecule has 1 fully saturated rings. The summed E-state index contributed by atoms with van der Waals surface area (Å²) in [5.74, 6) is 2.10. The van der Waals surface area contributed by atoms with E-state index >= 15 is 0 Å². The van der Waals surface area contributed by atoms with Crippen LogP contribution in [0.25, 0.3) is 0 Å². The normalized spacial score (nSPS) is 25.6. The summed E-state index contributed by atoms with van der Waals surface area (Å²) in [7, 11) is 0. The second-order valence-corrected chi connectivity index (χ2v) is 6.94. The van der Waals surface area contributed by atoms with Crippen LogP contribution in [0, 0.1) is 25.7 Å². The molecule has 1 aromatic rings. The van der Waals surface area contributed by atoms with Crippen LogP contribution >= 0.6 is 0 Å². The van der Waals surface area contributed by atoms with Gasteiger partial charge < -0.3 is 10.6 Å². The van der Waals surface area contributed by atoms with Crippen molar-refractivity contribution in [3.05, 3.63) is 34.9 Å². The van der Waals surface area contributed by atoms with Crippen LogP contribution in [0.15, 0.2) is 18.2 Å². The van der Waals surface area contributed by atoms with Crippen LogP contribution in [0.2, 0.25) is 0 Å². The summed E-state index contributed by atoms with van der Waals surface area (Å²) in [6.07, 6.45) is 1.37. The lowest BCUT2D eigenvalue weighted by Gasteiger charge is -2.37. The number of hydrogen-bond acceptors (Lipinski definition) is 2. The third-order valence-corrected chi connectivity index (χ3v) is 4.71. The summed E-state index contributed by atoms with van der Waals surface area (Å²) in [6.45, 7) is 13.4. The largest absolute Gasteiger partial charge is 0.330 e. The average molecular weight is 274 g/mol. The van der Waals surface area contributed by atoms with Gasteiger partial charge in [-0.1, -0.05) is 32.0 Å². The van der Waals surface area contributed by atoms with Crippen LogP contribution in [0.3, 0.4) is 0 Å². The maximum Gasteiger partial charge on any atom is 0.00889 e. The number of piperidine rings is 1. The molecule has 2 heteroatoms. The van der Waals surface area contributed by atoms with Crippen molar-refractivity contribution in [3.63, 3.8) is 0 Å². The van der Waals surface area contributed by atoms with Crippen molar-refractivity contribution in [2.45, 2.75) is 40.0 Å². The van der Waals surface area contributed by atoms with Gasteiger partial charge in [-0.05, 0) is 48.8 Å². The predicted octanol–water partition coefficient (Wildman–Crippen LogP) is 3.32. The van der Waals surface area contributed by atoms with Gasteiger partial charge in [0.1, 0.15) is 0 Å². The summed E-state index contributed by atoms with van der Waals surface area (Å²) in [5.41, 5.74) is 10.2. The summed E-state index contributed by atoms with van der Waals surface area (Å²) in [4.78, 5) is 2.62. The van der Waals surface area contributed by atoms with Gasteiger partial charge >= 0.3 is 0 Å². The smallest absolute Gasteiger partial charge is 0.00889 e. The number of hydrogen-bond donors (Lipinski definition) is 1. The Kier molecular flexibility index (Phi) is 5.22. The first-order valence-corrected chi connectivity index (χ1v) is 7.99. The van der Waals surface area contributed by atoms with E-state index in [-0.39, 0.29) is 0 Å². The molecular formula is C18H30N2. The molecule has 20 heavy (non-hydrogen) atoms. The number of nitrogens with zero attached hydrogens (tertiary/aromatic N) is 1. The van der Waals surface area contributed by atoms with E-state index in [9.17, 15) is 0 Å². The molecule has 3 unspecified atom stereocenters. The second kappa shape index (κ2) is 6.73. The number of rotatable bonds is 4. The van der Waals surface area contributed by atoms with Crippen molar-refractivity contribution >= 4 is 0 Å². The first-order valence-electron chi connectivity index (χ1n) is 7.99. The summed E-state index contributed by atoms with van der Waals surface area (Å²) >= 11 is 0. The number of benzene rings is 1. The van der Waals surface area contributed by atoms with Crippen LogP contribution in [0.4, 0.5) is 0 Å². The summed E-state index contributed by atoms with van der Waals surface area (Å²) < 4.78 is 0. The Balaban J connectivity index is 2.06. The first kappa shape index (κ1) is 15.5. The van der Waals surface area contributed by atoms with E-state index in [2.05, 4.69) is 50.8 Å². The van der Waals surface area contributed by atoms with Gasteiger partial charge in [-0.15, -0.1) is 0 Å². The van der Waals surface area contributed by atoms with Crippen molar-refractivity contribution in [2.75, 3.05) is 26.2 Å². The van der Waals surface area contributed by atoms with Crippen LogP contribution < -0.4 is 5.73 Å². The molecule has 0 radical (unpaired) electrons. The van der Waals surface area contributed by atoms with Crippen molar-refractivity contribution < 1.29 is 0 Å². The lowest BCUT2D eigenvalue weighted by Crippen LogP contribution is -2.41. The predicted molar refractivity (Wildman–Crippen MR) is 87.1 cm³/mol. The van der Waals surface area contributed by atoms with Crippen LogP contribution in [-0.4, -0.2) is 31.1 Å². The van der Waals surface area contributed by atoms with E-state index in [1.165, 1.54) is 36.2 Å². The molecule has 0 spiro atoms. The topological polar surface area (TPSA) is 29.3 Å². The fraction of sp³-hybridized carbons (Fsp3) is 0.667. The highest BCUT2D eigenvalue weighted by Crippen LogP contribution is 2.25. The molecule has 112 valence electrons. The molecule has 2 nitrogen and oxygen atoms in total. The lowest BCUT2D eigenvalue weighted by molar-refractivity contribution is 0.134. The standard InChI is InChI=1S/C18H30N2/c1-13-7-14(2)11-20(10-13)12-18(9-19)17-6-5-15(3)16(4)8-17/h5-6,8,13-14,18H,7,9-12,19H2,1-4H3. The van der Waals surface area contributed by atoms with E-state index in [0.29, 0.717) is 5.92 Å². The fourth-order valence-electron chi connectivity index (χ4n) is 3.59. The third-order valence-electron chi connectivity index (χ3n) is 4.71. The molecule has 0 amide bonds. The summed E-state index contributed by atoms with van der Waals surface area (Å²) in [6, 6.07) is 6.81. The molecule has 0 bridgehead atoms. The van der Waals surface area contributed by atoms with E-state index in [0.717, 1.165) is 24.9 Å². The minimum atomic E-state index is 0.465. The number of likely N-dealkylation sites (tertiary alicyclic amines) is 1. The van der Waals surface area contributed by atoms with Crippen LogP contribution in [0.5, 0.6) is 0 Å². The van der Waals surface area contributed by atoms with Gasteiger partial charge in [0.2, 0.25) is 0 Å². The molecule has 3 atom stereocenters. The molecular weight excluding hydrogens is 244 g/mol. The average Bonchev–Trinajstić information content (AvgIpc) is 2.38. The highest BCUT2D eigenvalue weighted by atomic mass is 15.1. The highest BCUT2D eigenvalue weighted by molar-refractivity contribution is 5.32. The Hall–Kier alpha value is -0.860. The van der Waals surface area contributed by atoms with Gasteiger partial charge in [-0.25, -0.2) is 0 Å². The Morgan fingerprint density at radius 1 is 1.15 bits per heavy atom. The molecule has 1 aliphatic heterocycles. The molecule has 1 aliphatic rings. The van der Waals surface area contributed by atoms with Crippen LogP contribution in [0.1, 0.15) is 42.9 Å². The van der Waals surface area contributed by atoms with Gasteiger partial charge in [0.25, 0.3) is 0 Å². The molecule has 2 N–H and O–H groups in total. The number of aryl methyl sites for hydroxylation is 2. The van der Waals surface area contributed by atoms with Crippen molar-refractivity contribution in [1.29, 1.82) is 0 Å². The van der Waals surface area contributed by atoms with E-state index in [4.69, 9.17) is 5.73 Å². The Bertz CT molecular complexity index is 431. The van der Waals surface area contributed by atoms with E-state index < -0.39 is 0 Å². The maximum atomic E-state index is 6.05. The van der Waals surface area contributed by atoms with Gasteiger partial charge in [0.15, 0.2) is 0 Å². The minimum absolute atomic E-state index is 0.465. The monoisotopic (exact) mass is 274 g/mol. The van der Waals surface area contributed by atoms with Gasteiger partial charge in [-0.2, -0.15) is 0 Å². The van der Waals surface area contributed by atoms with Crippen molar-refractivity contribution in [2.24, 2.45) is 17.6 Å². The molecule has 1 saturated heterocycles. The van der Waals surface area contributed by atoms with Gasteiger partial charge in [0, 0.05) is 32.1 Å². The zero-order valence-electron chi connectivity index (χ0n) is 13.5. The van der Waals surface area contributed by atoms with Crippen molar-refractivity contribution in [1.82, 2.24) is 4.90 Å². The molecule has 2 rings (SSSR count). The minimum Gasteiger partial charge on any atom is -0.330 e. The third kappa shape index (κ3) is 3.83. The quantitative estimate of drug-likeness (QED) is 0.912. The molecule has 0 saturated carbocycles. The highest BCUT2D eigenvalue weighted by Gasteiger charge is 2.24. The molecule has 0 aliphatic carbocycles. The SMILES string of the molecule is Cc1ccc(C(CN)CN2CC(C)CC(C)C2)cc1C. The number of nitrogens with two attached hydrogens (primary N) is 1. The van der Waals surface area contributed by atoms with E-state index in [1.54, 1.807) is 0 Å². The first-order chi connectivity index (χ1) is 9.49. The van der Waals surface area contributed by atoms with Gasteiger partial charge in [0.05, 0.1) is 0 Å². The zero-order chi connectivity index (χ0) is 14.7. The molecule has 0 aromatic heterocycles. The fourth-order valence-corrected chi connectivity index (χ4v) is 3.59. The Morgan fingerprint density at radius 3 is 2.35 bits per heavy atom. The second-order valence-electron chi connectivity index (χ2n) is 6.94. The van der Waals surface area contributed by atoms with E-state index in [1.807, 2.05) is 0 Å². The van der Waals surface area contributed by atoms with Gasteiger partial charge in [-0.3, -0.25) is 0 Å². The molecule has 1 heterocycles. The lowest BCUT2D eigenvalue weighted by atomic mass is 9.89. The van der Waals surface area contributed by atoms with Crippen molar-refractivity contribution in [3.8, 4) is 0 Å². The Labute approximate surface area is 124 Å². The summed E-state index contributed by atoms with van der Waals surface area (Å²) in [5, 5.41) is 0.